The minimum Gasteiger partial charge on any atom is -0.478 e. The van der Waals surface area contributed by atoms with Gasteiger partial charge in [-0.05, 0) is 17.7 Å². The summed E-state index contributed by atoms with van der Waals surface area (Å²) in [6.07, 6.45) is -0.218. The van der Waals surface area contributed by atoms with E-state index in [9.17, 15) is 14.4 Å². The fourth-order valence-corrected chi connectivity index (χ4v) is 1.39. The van der Waals surface area contributed by atoms with Gasteiger partial charge in [-0.25, -0.2) is 4.79 Å². The zero-order valence-electron chi connectivity index (χ0n) is 10.1. The number of carbonyl (C=O) groups excluding carboxylic acids is 2. The van der Waals surface area contributed by atoms with Gasteiger partial charge in [-0.3, -0.25) is 9.59 Å². The molecule has 0 aliphatic carbocycles. The Morgan fingerprint density at radius 3 is 2.26 bits per heavy atom. The Morgan fingerprint density at radius 1 is 1.21 bits per heavy atom. The van der Waals surface area contributed by atoms with Gasteiger partial charge in [0.25, 0.3) is 0 Å². The molecule has 1 unspecified atom stereocenters. The van der Waals surface area contributed by atoms with Crippen LogP contribution < -0.4 is 16.8 Å². The topological polar surface area (TPSA) is 136 Å². The highest BCUT2D eigenvalue weighted by atomic mass is 16.4. The summed E-state index contributed by atoms with van der Waals surface area (Å²) in [5, 5.41) is 11.3. The highest BCUT2D eigenvalue weighted by Crippen LogP contribution is 2.04. The minimum absolute atomic E-state index is 0.167. The standard InChI is InChI=1S/C12H15N3O4/c13-9(5-10(14)16)11(17)15-6-7-1-3-8(4-2-7)12(18)19/h1-4,9H,5-6,13H2,(H2,14,16)(H,15,17)(H,18,19). The number of aromatic carboxylic acids is 1. The summed E-state index contributed by atoms with van der Waals surface area (Å²) in [7, 11) is 0. The molecule has 7 nitrogen and oxygen atoms in total. The SMILES string of the molecule is NC(=O)CC(N)C(=O)NCc1ccc(C(=O)O)cc1. The lowest BCUT2D eigenvalue weighted by molar-refractivity contribution is -0.126. The van der Waals surface area contributed by atoms with Crippen molar-refractivity contribution in [3.8, 4) is 0 Å². The highest BCUT2D eigenvalue weighted by Gasteiger charge is 2.15. The van der Waals surface area contributed by atoms with E-state index in [0.29, 0.717) is 0 Å². The molecule has 0 saturated heterocycles. The predicted octanol–water partition coefficient (Wildman–Crippen LogP) is -0.796. The van der Waals surface area contributed by atoms with Gasteiger partial charge in [0.1, 0.15) is 0 Å². The third-order valence-corrected chi connectivity index (χ3v) is 2.43. The summed E-state index contributed by atoms with van der Waals surface area (Å²) in [5.74, 6) is -2.14. The van der Waals surface area contributed by atoms with E-state index < -0.39 is 23.8 Å². The smallest absolute Gasteiger partial charge is 0.335 e. The molecule has 19 heavy (non-hydrogen) atoms. The Kier molecular flexibility index (Phi) is 5.01. The number of primary amides is 1. The van der Waals surface area contributed by atoms with E-state index >= 15 is 0 Å². The van der Waals surface area contributed by atoms with Crippen molar-refractivity contribution in [2.45, 2.75) is 19.0 Å². The van der Waals surface area contributed by atoms with Crippen molar-refractivity contribution in [1.29, 1.82) is 0 Å². The lowest BCUT2D eigenvalue weighted by Crippen LogP contribution is -2.42. The number of carboxylic acid groups (broad SMARTS) is 1. The summed E-state index contributed by atoms with van der Waals surface area (Å²) in [6.45, 7) is 0.200. The van der Waals surface area contributed by atoms with Crippen LogP contribution in [0.2, 0.25) is 0 Å². The van der Waals surface area contributed by atoms with Crippen molar-refractivity contribution in [2.75, 3.05) is 0 Å². The zero-order valence-corrected chi connectivity index (χ0v) is 10.1. The maximum Gasteiger partial charge on any atom is 0.335 e. The number of hydrogen-bond acceptors (Lipinski definition) is 4. The molecule has 0 heterocycles. The quantitative estimate of drug-likeness (QED) is 0.534. The summed E-state index contributed by atoms with van der Waals surface area (Å²) < 4.78 is 0. The van der Waals surface area contributed by atoms with E-state index in [0.717, 1.165) is 5.56 Å². The number of carboxylic acids is 1. The Morgan fingerprint density at radius 2 is 1.79 bits per heavy atom. The van der Waals surface area contributed by atoms with Gasteiger partial charge in [0.15, 0.2) is 0 Å². The highest BCUT2D eigenvalue weighted by molar-refractivity contribution is 5.88. The first kappa shape index (κ1) is 14.7. The molecule has 0 aliphatic heterocycles. The third kappa shape index (κ3) is 4.76. The van der Waals surface area contributed by atoms with Gasteiger partial charge in [-0.15, -0.1) is 0 Å². The van der Waals surface area contributed by atoms with Crippen molar-refractivity contribution in [3.63, 3.8) is 0 Å². The van der Waals surface area contributed by atoms with Crippen LogP contribution >= 0.6 is 0 Å². The average molecular weight is 265 g/mol. The van der Waals surface area contributed by atoms with Gasteiger partial charge in [0.05, 0.1) is 18.0 Å². The number of rotatable bonds is 6. The predicted molar refractivity (Wildman–Crippen MR) is 67.0 cm³/mol. The van der Waals surface area contributed by atoms with Crippen molar-refractivity contribution in [2.24, 2.45) is 11.5 Å². The number of hydrogen-bond donors (Lipinski definition) is 4. The zero-order chi connectivity index (χ0) is 14.4. The lowest BCUT2D eigenvalue weighted by Gasteiger charge is -2.10. The van der Waals surface area contributed by atoms with Crippen LogP contribution in [0.15, 0.2) is 24.3 Å². The van der Waals surface area contributed by atoms with Gasteiger partial charge in [-0.1, -0.05) is 12.1 Å². The van der Waals surface area contributed by atoms with E-state index in [-0.39, 0.29) is 18.5 Å². The Hall–Kier alpha value is -2.41. The first-order chi connectivity index (χ1) is 8.90. The molecule has 0 radical (unpaired) electrons. The molecule has 102 valence electrons. The van der Waals surface area contributed by atoms with E-state index in [2.05, 4.69) is 5.32 Å². The molecule has 1 rings (SSSR count). The first-order valence-electron chi connectivity index (χ1n) is 5.54. The maximum atomic E-state index is 11.5. The molecular formula is C12H15N3O4. The summed E-state index contributed by atoms with van der Waals surface area (Å²) >= 11 is 0. The molecule has 1 atom stereocenters. The van der Waals surface area contributed by atoms with E-state index in [4.69, 9.17) is 16.6 Å². The van der Waals surface area contributed by atoms with Gasteiger partial charge < -0.3 is 21.9 Å². The molecule has 0 aliphatic rings. The normalized spacial score (nSPS) is 11.6. The molecule has 1 aromatic carbocycles. The summed E-state index contributed by atoms with van der Waals surface area (Å²) in [5.41, 5.74) is 11.3. The largest absolute Gasteiger partial charge is 0.478 e. The fourth-order valence-electron chi connectivity index (χ4n) is 1.39. The molecule has 0 fully saturated rings. The molecule has 1 aromatic rings. The Balaban J connectivity index is 2.50. The Bertz CT molecular complexity index is 484. The molecule has 7 heteroatoms. The van der Waals surface area contributed by atoms with Crippen molar-refractivity contribution in [1.82, 2.24) is 5.32 Å². The van der Waals surface area contributed by atoms with Crippen molar-refractivity contribution >= 4 is 17.8 Å². The lowest BCUT2D eigenvalue weighted by atomic mass is 10.1. The number of nitrogens with one attached hydrogen (secondary N) is 1. The maximum absolute atomic E-state index is 11.5. The molecular weight excluding hydrogens is 250 g/mol. The molecule has 0 bridgehead atoms. The van der Waals surface area contributed by atoms with Crippen LogP contribution in [0.1, 0.15) is 22.3 Å². The third-order valence-electron chi connectivity index (χ3n) is 2.43. The van der Waals surface area contributed by atoms with Crippen LogP contribution in [0.25, 0.3) is 0 Å². The van der Waals surface area contributed by atoms with Crippen LogP contribution in [0.3, 0.4) is 0 Å². The molecule has 6 N–H and O–H groups in total. The van der Waals surface area contributed by atoms with Gasteiger partial charge in [0.2, 0.25) is 11.8 Å². The molecule has 2 amide bonds. The van der Waals surface area contributed by atoms with Crippen LogP contribution in [-0.4, -0.2) is 28.9 Å². The summed E-state index contributed by atoms with van der Waals surface area (Å²) in [4.78, 5) is 32.7. The average Bonchev–Trinajstić information content (AvgIpc) is 2.35. The number of nitrogens with two attached hydrogens (primary N) is 2. The first-order valence-corrected chi connectivity index (χ1v) is 5.54. The van der Waals surface area contributed by atoms with Gasteiger partial charge >= 0.3 is 5.97 Å². The second-order valence-corrected chi connectivity index (χ2v) is 4.00. The molecule has 0 aromatic heterocycles. The van der Waals surface area contributed by atoms with Crippen LogP contribution in [0.5, 0.6) is 0 Å². The Labute approximate surface area is 109 Å². The monoisotopic (exact) mass is 265 g/mol. The van der Waals surface area contributed by atoms with Gasteiger partial charge in [0, 0.05) is 6.54 Å². The van der Waals surface area contributed by atoms with Crippen LogP contribution in [0, 0.1) is 0 Å². The number of carbonyl (C=O) groups is 3. The van der Waals surface area contributed by atoms with E-state index in [1.807, 2.05) is 0 Å². The minimum atomic E-state index is -1.01. The van der Waals surface area contributed by atoms with Crippen LogP contribution in [-0.2, 0) is 16.1 Å². The number of benzene rings is 1. The van der Waals surface area contributed by atoms with E-state index in [1.54, 1.807) is 12.1 Å². The molecule has 0 spiro atoms. The molecule has 0 saturated carbocycles. The van der Waals surface area contributed by atoms with Crippen molar-refractivity contribution < 1.29 is 19.5 Å². The van der Waals surface area contributed by atoms with Crippen molar-refractivity contribution in [3.05, 3.63) is 35.4 Å². The van der Waals surface area contributed by atoms with E-state index in [1.165, 1.54) is 12.1 Å². The fraction of sp³-hybridized carbons (Fsp3) is 0.250. The van der Waals surface area contributed by atoms with Crippen LogP contribution in [0.4, 0.5) is 0 Å². The second kappa shape index (κ2) is 6.50. The number of amides is 2. The second-order valence-electron chi connectivity index (χ2n) is 4.00. The summed E-state index contributed by atoms with van der Waals surface area (Å²) in [6, 6.07) is 5.07. The van der Waals surface area contributed by atoms with Gasteiger partial charge in [-0.2, -0.15) is 0 Å².